The number of fused-ring (bicyclic) bond motifs is 6. The second-order valence-corrected chi connectivity index (χ2v) is 10.5. The van der Waals surface area contributed by atoms with E-state index in [2.05, 4.69) is 43.0 Å². The maximum Gasteiger partial charge on any atom is 0.321 e. The number of pyridine rings is 1. The highest BCUT2D eigenvalue weighted by Gasteiger charge is 2.24. The van der Waals surface area contributed by atoms with Crippen LogP contribution in [0, 0.1) is 5.92 Å². The van der Waals surface area contributed by atoms with Crippen molar-refractivity contribution in [3.63, 3.8) is 0 Å². The molecular formula is C30H30ClN7O2. The van der Waals surface area contributed by atoms with Crippen molar-refractivity contribution in [1.29, 1.82) is 0 Å². The number of anilines is 5. The molecule has 9 nitrogen and oxygen atoms in total. The molecule has 6 rings (SSSR count). The fourth-order valence-electron chi connectivity index (χ4n) is 4.98. The summed E-state index contributed by atoms with van der Waals surface area (Å²) in [5, 5.41) is 9.94. The van der Waals surface area contributed by atoms with Gasteiger partial charge in [-0.15, -0.1) is 0 Å². The summed E-state index contributed by atoms with van der Waals surface area (Å²) >= 11 is 6.39. The third-order valence-corrected chi connectivity index (χ3v) is 7.48. The van der Waals surface area contributed by atoms with Crippen molar-refractivity contribution in [3.05, 3.63) is 89.3 Å². The number of halogens is 1. The van der Waals surface area contributed by atoms with Crippen molar-refractivity contribution >= 4 is 46.5 Å². The van der Waals surface area contributed by atoms with E-state index in [1.807, 2.05) is 53.6 Å². The summed E-state index contributed by atoms with van der Waals surface area (Å²) in [4.78, 5) is 27.8. The quantitative estimate of drug-likeness (QED) is 0.266. The first-order chi connectivity index (χ1) is 19.6. The molecule has 1 fully saturated rings. The lowest BCUT2D eigenvalue weighted by Gasteiger charge is -2.32. The Morgan fingerprint density at radius 2 is 1.85 bits per heavy atom. The molecule has 10 heteroatoms. The van der Waals surface area contributed by atoms with E-state index in [-0.39, 0.29) is 6.03 Å². The minimum atomic E-state index is -0.0513. The van der Waals surface area contributed by atoms with Gasteiger partial charge in [0.1, 0.15) is 10.8 Å². The zero-order valence-corrected chi connectivity index (χ0v) is 22.7. The number of hydrogen-bond donors (Lipinski definition) is 3. The van der Waals surface area contributed by atoms with Crippen molar-refractivity contribution in [3.8, 4) is 5.75 Å². The molecule has 2 aliphatic heterocycles. The number of nitrogens with zero attached hydrogens (tertiary/aromatic N) is 4. The smallest absolute Gasteiger partial charge is 0.321 e. The van der Waals surface area contributed by atoms with Crippen LogP contribution < -0.4 is 20.7 Å². The van der Waals surface area contributed by atoms with Gasteiger partial charge in [-0.3, -0.25) is 4.98 Å². The van der Waals surface area contributed by atoms with Gasteiger partial charge in [0.05, 0.1) is 24.7 Å². The fraction of sp³-hybridized carbons (Fsp3) is 0.267. The Kier molecular flexibility index (Phi) is 7.63. The van der Waals surface area contributed by atoms with E-state index in [1.165, 1.54) is 0 Å². The van der Waals surface area contributed by atoms with Crippen LogP contribution in [0.2, 0.25) is 5.02 Å². The molecular weight excluding hydrogens is 526 g/mol. The minimum absolute atomic E-state index is 0.0513. The number of benzene rings is 2. The summed E-state index contributed by atoms with van der Waals surface area (Å²) in [7, 11) is 0. The molecule has 2 amide bonds. The number of rotatable bonds is 4. The highest BCUT2D eigenvalue weighted by Crippen LogP contribution is 2.31. The molecule has 0 aliphatic carbocycles. The molecule has 2 aromatic heterocycles. The van der Waals surface area contributed by atoms with Crippen molar-refractivity contribution in [1.82, 2.24) is 19.9 Å². The number of likely N-dealkylation sites (tertiary alicyclic amines) is 1. The van der Waals surface area contributed by atoms with Gasteiger partial charge in [-0.2, -0.15) is 4.98 Å². The van der Waals surface area contributed by atoms with Crippen LogP contribution in [0.4, 0.5) is 33.6 Å². The Morgan fingerprint density at radius 3 is 2.70 bits per heavy atom. The first kappa shape index (κ1) is 25.9. The first-order valence-corrected chi connectivity index (χ1v) is 13.8. The number of aryl methyl sites for hydroxylation is 2. The predicted molar refractivity (Wildman–Crippen MR) is 157 cm³/mol. The largest absolute Gasteiger partial charge is 0.493 e. The van der Waals surface area contributed by atoms with Gasteiger partial charge in [-0.05, 0) is 79.1 Å². The van der Waals surface area contributed by atoms with Crippen LogP contribution in [0.3, 0.4) is 0 Å². The second-order valence-electron chi connectivity index (χ2n) is 10.1. The number of piperidine rings is 1. The number of urea groups is 1. The van der Waals surface area contributed by atoms with Crippen LogP contribution in [0.5, 0.6) is 5.75 Å². The number of amides is 2. The van der Waals surface area contributed by atoms with Gasteiger partial charge in [0.15, 0.2) is 5.82 Å². The van der Waals surface area contributed by atoms with E-state index in [0.717, 1.165) is 59.6 Å². The molecule has 40 heavy (non-hydrogen) atoms. The summed E-state index contributed by atoms with van der Waals surface area (Å²) in [5.41, 5.74) is 4.69. The van der Waals surface area contributed by atoms with E-state index in [1.54, 1.807) is 12.4 Å². The lowest BCUT2D eigenvalue weighted by Crippen LogP contribution is -2.42. The first-order valence-electron chi connectivity index (χ1n) is 13.5. The Labute approximate surface area is 238 Å². The monoisotopic (exact) mass is 555 g/mol. The number of hydrogen-bond acceptors (Lipinski definition) is 7. The molecule has 0 saturated carbocycles. The highest BCUT2D eigenvalue weighted by atomic mass is 35.5. The molecule has 4 aromatic rings. The lowest BCUT2D eigenvalue weighted by molar-refractivity contribution is 0.152. The third kappa shape index (κ3) is 6.26. The molecule has 0 radical (unpaired) electrons. The predicted octanol–water partition coefficient (Wildman–Crippen LogP) is 6.43. The van der Waals surface area contributed by atoms with Gasteiger partial charge in [-0.1, -0.05) is 29.8 Å². The lowest BCUT2D eigenvalue weighted by atomic mass is 9.98. The van der Waals surface area contributed by atoms with Crippen LogP contribution in [-0.2, 0) is 12.8 Å². The SMILES string of the molecule is O=C(Nc1ccccc1)N1CCC(COc2ccc3cc2CCc2cncc(c2)Nc2ncc(Cl)c(n2)N3)CC1. The normalized spacial score (nSPS) is 15.0. The molecule has 0 spiro atoms. The summed E-state index contributed by atoms with van der Waals surface area (Å²) in [6.07, 6.45) is 8.59. The molecule has 4 heterocycles. The van der Waals surface area contributed by atoms with Crippen LogP contribution in [0.25, 0.3) is 0 Å². The molecule has 6 bridgehead atoms. The summed E-state index contributed by atoms with van der Waals surface area (Å²) in [6, 6.07) is 17.6. The van der Waals surface area contributed by atoms with Gasteiger partial charge in [0.25, 0.3) is 0 Å². The number of nitrogens with one attached hydrogen (secondary N) is 3. The number of carbonyl (C=O) groups is 1. The average Bonchev–Trinajstić information content (AvgIpc) is 2.98. The van der Waals surface area contributed by atoms with Gasteiger partial charge in [-0.25, -0.2) is 9.78 Å². The van der Waals surface area contributed by atoms with E-state index >= 15 is 0 Å². The topological polar surface area (TPSA) is 104 Å². The molecule has 2 aromatic carbocycles. The van der Waals surface area contributed by atoms with Gasteiger partial charge in [0, 0.05) is 30.7 Å². The third-order valence-electron chi connectivity index (χ3n) is 7.20. The Bertz CT molecular complexity index is 1490. The summed E-state index contributed by atoms with van der Waals surface area (Å²) in [6.45, 7) is 2.03. The molecule has 3 N–H and O–H groups in total. The number of carbonyl (C=O) groups excluding carboxylic acids is 1. The average molecular weight is 556 g/mol. The number of aromatic nitrogens is 3. The van der Waals surface area contributed by atoms with Gasteiger partial charge in [0.2, 0.25) is 5.95 Å². The fourth-order valence-corrected chi connectivity index (χ4v) is 5.12. The Balaban J connectivity index is 1.13. The molecule has 0 atom stereocenters. The van der Waals surface area contributed by atoms with Gasteiger partial charge >= 0.3 is 6.03 Å². The maximum atomic E-state index is 12.6. The van der Waals surface area contributed by atoms with Crippen LogP contribution in [-0.4, -0.2) is 45.6 Å². The van der Waals surface area contributed by atoms with Crippen LogP contribution in [0.15, 0.2) is 73.2 Å². The van der Waals surface area contributed by atoms with Crippen molar-refractivity contribution < 1.29 is 9.53 Å². The Morgan fingerprint density at radius 1 is 1.00 bits per heavy atom. The number of para-hydroxylation sites is 1. The zero-order valence-electron chi connectivity index (χ0n) is 21.9. The van der Waals surface area contributed by atoms with E-state index in [4.69, 9.17) is 16.3 Å². The summed E-state index contributed by atoms with van der Waals surface area (Å²) in [5.74, 6) is 2.20. The van der Waals surface area contributed by atoms with E-state index in [0.29, 0.717) is 42.4 Å². The second kappa shape index (κ2) is 11.8. The van der Waals surface area contributed by atoms with Crippen molar-refractivity contribution in [2.24, 2.45) is 5.92 Å². The van der Waals surface area contributed by atoms with Crippen LogP contribution in [0.1, 0.15) is 24.0 Å². The Hall–Kier alpha value is -4.37. The van der Waals surface area contributed by atoms with Crippen molar-refractivity contribution in [2.45, 2.75) is 25.7 Å². The van der Waals surface area contributed by atoms with Gasteiger partial charge < -0.3 is 25.6 Å². The maximum absolute atomic E-state index is 12.6. The molecule has 2 aliphatic rings. The van der Waals surface area contributed by atoms with E-state index in [9.17, 15) is 4.79 Å². The minimum Gasteiger partial charge on any atom is -0.493 e. The molecule has 1 saturated heterocycles. The molecule has 204 valence electrons. The highest BCUT2D eigenvalue weighted by molar-refractivity contribution is 6.32. The molecule has 0 unspecified atom stereocenters. The van der Waals surface area contributed by atoms with Crippen molar-refractivity contribution in [2.75, 3.05) is 35.6 Å². The van der Waals surface area contributed by atoms with Crippen LogP contribution >= 0.6 is 11.6 Å². The number of ether oxygens (including phenoxy) is 1. The zero-order chi connectivity index (χ0) is 27.3. The summed E-state index contributed by atoms with van der Waals surface area (Å²) < 4.78 is 6.39. The van der Waals surface area contributed by atoms with E-state index < -0.39 is 0 Å². The standard InChI is InChI=1S/C30H30ClN7O2/c31-26-18-33-29-35-25-14-21(16-32-17-25)6-7-22-15-24(34-28(26)37-29)8-9-27(22)40-19-20-10-12-38(13-11-20)30(39)36-23-4-2-1-3-5-23/h1-5,8-9,14-18,20H,6-7,10-13,19H2,(H,36,39)(H2,33,34,35,37).